The maximum absolute atomic E-state index is 12.6. The number of alkyl halides is 3. The molecule has 0 aliphatic carbocycles. The Hall–Kier alpha value is -7.41. The molecule has 0 aliphatic rings. The standard InChI is InChI=1S/3C17H16N2O.C15H9F3N2.4C5H12O2.4Ir/c1-11-8-12(2)17(18-10-11)16-6-4-13-9-14(20-3)5-7-15(13)19-16;1-11-8-12(2)18-17(9-11)16-6-4-13-10-14(20-3)5-7-15(13)19-16;1-11-4-5-12(2)18-17(11)16-8-6-13-10-14(20-3)7-9-15(13)19-16;16-15(17,18)11-5-7-12-10(9-11)4-6-14(20-12)13-3-1-2-8-19-13;4*1-4(6)3-5(2)7;;;;/h3*4-10H,1-3H3;1-9H;4*4-7H,3H2,1-2H3;;;;. The second kappa shape index (κ2) is 51.4. The number of ether oxygens (including phenoxy) is 3. The molecule has 8 heterocycles. The number of nitrogens with zero attached hydrogens (tertiary/aromatic N) is 8. The number of hydrogen-bond acceptors (Lipinski definition) is 19. The maximum Gasteiger partial charge on any atom is 0.416 e. The van der Waals surface area contributed by atoms with Crippen molar-refractivity contribution in [1.82, 2.24) is 39.9 Å². The molecule has 4 aromatic carbocycles. The van der Waals surface area contributed by atoms with Gasteiger partial charge in [0.2, 0.25) is 0 Å². The Balaban J connectivity index is 0.000000664. The summed E-state index contributed by atoms with van der Waals surface area (Å²) in [5.41, 5.74) is 16.2. The molecule has 0 spiro atoms. The molecule has 0 amide bonds. The second-order valence-electron chi connectivity index (χ2n) is 26.8. The molecule has 0 bridgehead atoms. The largest absolute Gasteiger partial charge is 0.497 e. The fourth-order valence-electron chi connectivity index (χ4n) is 10.9. The van der Waals surface area contributed by atoms with Crippen LogP contribution in [0.5, 0.6) is 17.2 Å². The molecule has 8 N–H and O–H groups in total. The zero-order valence-corrected chi connectivity index (χ0v) is 75.7. The van der Waals surface area contributed by atoms with E-state index in [9.17, 15) is 13.2 Å². The summed E-state index contributed by atoms with van der Waals surface area (Å²) in [6.07, 6.45) is -1.93. The van der Waals surface area contributed by atoms with Gasteiger partial charge in [0, 0.05) is 126 Å². The number of methoxy groups -OCH3 is 3. The van der Waals surface area contributed by atoms with Crippen LogP contribution in [-0.2, 0) is 86.6 Å². The molecule has 26 heteroatoms. The van der Waals surface area contributed by atoms with Crippen molar-refractivity contribution >= 4 is 43.6 Å². The van der Waals surface area contributed by atoms with Gasteiger partial charge in [0.15, 0.2) is 0 Å². The van der Waals surface area contributed by atoms with Crippen molar-refractivity contribution in [2.75, 3.05) is 21.3 Å². The summed E-state index contributed by atoms with van der Waals surface area (Å²) < 4.78 is 53.6. The monoisotopic (exact) mass is 2250 g/mol. The van der Waals surface area contributed by atoms with Crippen LogP contribution in [0.4, 0.5) is 13.2 Å². The van der Waals surface area contributed by atoms with Crippen LogP contribution < -0.4 is 14.2 Å². The van der Waals surface area contributed by atoms with E-state index in [1.54, 1.807) is 107 Å². The summed E-state index contributed by atoms with van der Waals surface area (Å²) in [5, 5.41) is 72.2. The number of pyridine rings is 8. The van der Waals surface area contributed by atoms with Gasteiger partial charge in [-0.05, 0) is 272 Å². The minimum Gasteiger partial charge on any atom is -0.497 e. The Labute approximate surface area is 709 Å². The number of rotatable bonds is 15. The second-order valence-corrected chi connectivity index (χ2v) is 26.8. The molecule has 12 aromatic rings. The van der Waals surface area contributed by atoms with Crippen LogP contribution in [0.15, 0.2) is 182 Å². The van der Waals surface area contributed by atoms with E-state index in [1.165, 1.54) is 11.6 Å². The molecule has 19 nitrogen and oxygen atoms in total. The van der Waals surface area contributed by atoms with E-state index >= 15 is 0 Å². The normalized spacial score (nSPS) is 12.6. The van der Waals surface area contributed by atoms with Gasteiger partial charge in [0.25, 0.3) is 0 Å². The van der Waals surface area contributed by atoms with Gasteiger partial charge in [-0.2, -0.15) is 13.2 Å². The molecule has 8 aromatic heterocycles. The summed E-state index contributed by atoms with van der Waals surface area (Å²) in [4.78, 5) is 36.2. The van der Waals surface area contributed by atoms with Gasteiger partial charge in [0.1, 0.15) is 17.2 Å². The van der Waals surface area contributed by atoms with Crippen molar-refractivity contribution in [3.63, 3.8) is 0 Å². The summed E-state index contributed by atoms with van der Waals surface area (Å²) in [6, 6.07) is 52.5. The number of hydrogen-bond donors (Lipinski definition) is 8. The fraction of sp³-hybridized carbons (Fsp3) is 0.349. The third-order valence-electron chi connectivity index (χ3n) is 15.7. The van der Waals surface area contributed by atoms with Gasteiger partial charge in [-0.25, -0.2) is 19.9 Å². The van der Waals surface area contributed by atoms with Crippen LogP contribution in [0.2, 0.25) is 0 Å². The Morgan fingerprint density at radius 2 is 0.696 bits per heavy atom. The average molecular weight is 2250 g/mol. The van der Waals surface area contributed by atoms with Gasteiger partial charge >= 0.3 is 6.18 Å². The third-order valence-corrected chi connectivity index (χ3v) is 15.7. The first-order valence-corrected chi connectivity index (χ1v) is 35.6. The van der Waals surface area contributed by atoms with E-state index in [4.69, 9.17) is 65.0 Å². The van der Waals surface area contributed by atoms with Gasteiger partial charge in [-0.15, -0.1) is 0 Å². The zero-order chi connectivity index (χ0) is 79.9. The molecule has 0 fully saturated rings. The molecule has 0 aliphatic heterocycles. The molecule has 112 heavy (non-hydrogen) atoms. The Morgan fingerprint density at radius 3 is 1.05 bits per heavy atom. The molecule has 0 saturated heterocycles. The Kier molecular flexibility index (Phi) is 47.1. The van der Waals surface area contributed by atoms with Gasteiger partial charge in [-0.3, -0.25) is 19.9 Å². The summed E-state index contributed by atoms with van der Waals surface area (Å²) in [5.74, 6) is 2.53. The number of benzene rings is 4. The predicted molar refractivity (Wildman–Crippen MR) is 425 cm³/mol. The van der Waals surface area contributed by atoms with Crippen molar-refractivity contribution in [2.45, 2.75) is 178 Å². The number of halogens is 3. The van der Waals surface area contributed by atoms with Crippen molar-refractivity contribution in [3.05, 3.63) is 221 Å². The number of fused-ring (bicyclic) bond motifs is 4. The number of aliphatic hydroxyl groups is 8. The van der Waals surface area contributed by atoms with Gasteiger partial charge < -0.3 is 55.1 Å². The molecule has 4 radical (unpaired) electrons. The summed E-state index contributed by atoms with van der Waals surface area (Å²) in [6.45, 7) is 25.5. The molecular formula is C86H105F3Ir4N8O11. The van der Waals surface area contributed by atoms with Gasteiger partial charge in [0.05, 0.1) is 143 Å². The first kappa shape index (κ1) is 103. The number of aryl methyl sites for hydroxylation is 6. The van der Waals surface area contributed by atoms with E-state index in [2.05, 4.69) is 93.1 Å². The Morgan fingerprint density at radius 1 is 0.321 bits per heavy atom. The first-order valence-electron chi connectivity index (χ1n) is 35.6. The van der Waals surface area contributed by atoms with Crippen LogP contribution in [0.25, 0.3) is 89.2 Å². The van der Waals surface area contributed by atoms with E-state index < -0.39 is 11.7 Å². The quantitative estimate of drug-likeness (QED) is 0.0473. The molecule has 0 saturated carbocycles. The van der Waals surface area contributed by atoms with Crippen LogP contribution in [0, 0.1) is 41.5 Å². The van der Waals surface area contributed by atoms with E-state index in [0.717, 1.165) is 124 Å². The van der Waals surface area contributed by atoms with E-state index in [0.29, 0.717) is 48.0 Å². The van der Waals surface area contributed by atoms with Crippen LogP contribution in [0.1, 0.15) is 120 Å². The van der Waals surface area contributed by atoms with Crippen molar-refractivity contribution in [3.8, 4) is 62.8 Å². The number of aliphatic hydroxyl groups excluding tert-OH is 8. The molecule has 8 atom stereocenters. The Bertz CT molecular complexity index is 4660. The topological polar surface area (TPSA) is 293 Å². The number of aromatic nitrogens is 8. The first-order chi connectivity index (χ1) is 51.0. The average Bonchev–Trinajstić information content (AvgIpc) is 0.570. The molecule has 8 unspecified atom stereocenters. The molecule has 612 valence electrons. The fourth-order valence-corrected chi connectivity index (χ4v) is 10.9. The van der Waals surface area contributed by atoms with Gasteiger partial charge in [-0.1, -0.05) is 42.5 Å². The van der Waals surface area contributed by atoms with Crippen LogP contribution in [-0.4, -0.2) is 151 Å². The minimum atomic E-state index is -4.34. The summed E-state index contributed by atoms with van der Waals surface area (Å²) >= 11 is 0. The van der Waals surface area contributed by atoms with E-state index in [-0.39, 0.29) is 129 Å². The predicted octanol–water partition coefficient (Wildman–Crippen LogP) is 16.6. The van der Waals surface area contributed by atoms with Crippen LogP contribution in [0.3, 0.4) is 0 Å². The van der Waals surface area contributed by atoms with E-state index in [1.807, 2.05) is 112 Å². The van der Waals surface area contributed by atoms with Crippen molar-refractivity contribution in [1.29, 1.82) is 0 Å². The minimum absolute atomic E-state index is 0. The maximum atomic E-state index is 12.6. The zero-order valence-electron chi connectivity index (χ0n) is 66.1. The third kappa shape index (κ3) is 36.4. The smallest absolute Gasteiger partial charge is 0.416 e. The molecular weight excluding hydrogens is 2150 g/mol. The van der Waals surface area contributed by atoms with Crippen molar-refractivity contribution in [2.24, 2.45) is 0 Å². The van der Waals surface area contributed by atoms with Crippen molar-refractivity contribution < 1.29 is 149 Å². The molecule has 12 rings (SSSR count). The SMILES string of the molecule is CC(O)CC(C)O.CC(O)CC(C)O.CC(O)CC(C)O.CC(O)CC(C)O.COc1ccc2nc(-c3cc(C)cc(C)n3)ccc2c1.COc1ccc2nc(-c3nc(C)ccc3C)ccc2c1.COc1ccc2nc(-c3ncc(C)cc3C)ccc2c1.FC(F)(F)c1ccc2nc(-c3ccccn3)ccc2c1.[Ir].[Ir].[Ir].[Ir]. The van der Waals surface area contributed by atoms with Crippen LogP contribution >= 0.6 is 0 Å². The summed E-state index contributed by atoms with van der Waals surface area (Å²) in [7, 11) is 5.01.